The topological polar surface area (TPSA) is 64.0 Å². The number of carbonyl (C=O) groups excluding carboxylic acids is 1. The zero-order valence-electron chi connectivity index (χ0n) is 14.4. The summed E-state index contributed by atoms with van der Waals surface area (Å²) in [5.41, 5.74) is 1.05. The van der Waals surface area contributed by atoms with Crippen molar-refractivity contribution in [3.8, 4) is 12.3 Å². The molecule has 1 N–H and O–H groups in total. The third-order valence-electron chi connectivity index (χ3n) is 4.61. The van der Waals surface area contributed by atoms with Crippen molar-refractivity contribution in [3.63, 3.8) is 0 Å². The van der Waals surface area contributed by atoms with Gasteiger partial charge in [0.2, 0.25) is 5.91 Å². The monoisotopic (exact) mass is 375 g/mol. The van der Waals surface area contributed by atoms with Crippen molar-refractivity contribution in [2.24, 2.45) is 0 Å². The summed E-state index contributed by atoms with van der Waals surface area (Å²) in [7, 11) is 0. The minimum absolute atomic E-state index is 0.0327. The van der Waals surface area contributed by atoms with E-state index in [4.69, 9.17) is 11.4 Å². The van der Waals surface area contributed by atoms with E-state index in [1.807, 2.05) is 18.4 Å². The van der Waals surface area contributed by atoms with Crippen molar-refractivity contribution in [2.75, 3.05) is 12.3 Å². The van der Waals surface area contributed by atoms with Crippen molar-refractivity contribution in [3.05, 3.63) is 20.8 Å². The first-order valence-corrected chi connectivity index (χ1v) is 10.2. The van der Waals surface area contributed by atoms with Crippen LogP contribution in [0.3, 0.4) is 0 Å². The molecule has 0 aromatic carbocycles. The van der Waals surface area contributed by atoms with Crippen molar-refractivity contribution in [1.29, 1.82) is 0 Å². The minimum Gasteiger partial charge on any atom is -0.344 e. The van der Waals surface area contributed by atoms with Gasteiger partial charge in [0.1, 0.15) is 4.83 Å². The fraction of sp³-hybridized carbons (Fsp3) is 0.500. The Labute approximate surface area is 155 Å². The minimum atomic E-state index is -0.145. The molecule has 0 atom stereocenters. The number of thioether (sulfide) groups is 1. The molecule has 132 valence electrons. The van der Waals surface area contributed by atoms with Gasteiger partial charge in [-0.1, -0.05) is 30.5 Å². The lowest BCUT2D eigenvalue weighted by Crippen LogP contribution is -2.28. The summed E-state index contributed by atoms with van der Waals surface area (Å²) in [5, 5.41) is 4.02. The molecule has 1 fully saturated rings. The van der Waals surface area contributed by atoms with Crippen molar-refractivity contribution < 1.29 is 4.79 Å². The van der Waals surface area contributed by atoms with E-state index >= 15 is 0 Å². The van der Waals surface area contributed by atoms with Gasteiger partial charge in [0.25, 0.3) is 5.56 Å². The van der Waals surface area contributed by atoms with Crippen molar-refractivity contribution in [2.45, 2.75) is 50.7 Å². The summed E-state index contributed by atoms with van der Waals surface area (Å²) in [6.07, 6.45) is 9.40. The number of rotatable bonds is 5. The van der Waals surface area contributed by atoms with Crippen LogP contribution in [0, 0.1) is 26.2 Å². The van der Waals surface area contributed by atoms with Gasteiger partial charge in [-0.05, 0) is 32.3 Å². The van der Waals surface area contributed by atoms with E-state index in [1.54, 1.807) is 11.3 Å². The number of terminal acetylenes is 1. The van der Waals surface area contributed by atoms with Crippen LogP contribution in [0.5, 0.6) is 0 Å². The van der Waals surface area contributed by atoms with Gasteiger partial charge in [0.15, 0.2) is 5.16 Å². The molecule has 0 aliphatic heterocycles. The SMILES string of the molecule is C#CCNC(=O)CSc1nc2sc(C)c(C)c2c(=O)n1C1CCCC1. The average molecular weight is 376 g/mol. The largest absolute Gasteiger partial charge is 0.344 e. The van der Waals surface area contributed by atoms with E-state index in [0.717, 1.165) is 46.3 Å². The third-order valence-corrected chi connectivity index (χ3v) is 6.67. The maximum absolute atomic E-state index is 13.2. The highest BCUT2D eigenvalue weighted by atomic mass is 32.2. The fourth-order valence-corrected chi connectivity index (χ4v) is 5.17. The number of nitrogens with one attached hydrogen (secondary N) is 1. The first-order valence-electron chi connectivity index (χ1n) is 8.38. The van der Waals surface area contributed by atoms with Crippen LogP contribution in [0.1, 0.15) is 42.2 Å². The highest BCUT2D eigenvalue weighted by molar-refractivity contribution is 7.99. The van der Waals surface area contributed by atoms with Crippen LogP contribution < -0.4 is 10.9 Å². The van der Waals surface area contributed by atoms with E-state index in [0.29, 0.717) is 5.16 Å². The van der Waals surface area contributed by atoms with E-state index < -0.39 is 0 Å². The molecule has 1 amide bonds. The van der Waals surface area contributed by atoms with Crippen LogP contribution in [0.25, 0.3) is 10.2 Å². The Balaban J connectivity index is 2.00. The highest BCUT2D eigenvalue weighted by Crippen LogP contribution is 2.34. The molecule has 0 radical (unpaired) electrons. The predicted molar refractivity (Wildman–Crippen MR) is 103 cm³/mol. The number of thiophene rings is 1. The second-order valence-corrected chi connectivity index (χ2v) is 8.39. The molecule has 3 rings (SSSR count). The number of hydrogen-bond donors (Lipinski definition) is 1. The molecule has 1 saturated carbocycles. The van der Waals surface area contributed by atoms with E-state index in [2.05, 4.69) is 11.2 Å². The Morgan fingerprint density at radius 2 is 2.16 bits per heavy atom. The Morgan fingerprint density at radius 1 is 1.44 bits per heavy atom. The smallest absolute Gasteiger partial charge is 0.263 e. The maximum Gasteiger partial charge on any atom is 0.263 e. The molecule has 5 nitrogen and oxygen atoms in total. The molecule has 0 saturated heterocycles. The zero-order chi connectivity index (χ0) is 18.0. The van der Waals surface area contributed by atoms with Crippen LogP contribution in [0.15, 0.2) is 9.95 Å². The Morgan fingerprint density at radius 3 is 2.84 bits per heavy atom. The second-order valence-electron chi connectivity index (χ2n) is 6.24. The second kappa shape index (κ2) is 7.63. The van der Waals surface area contributed by atoms with Gasteiger partial charge in [-0.15, -0.1) is 17.8 Å². The summed E-state index contributed by atoms with van der Waals surface area (Å²) >= 11 is 2.86. The first kappa shape index (κ1) is 18.0. The molecule has 2 heterocycles. The zero-order valence-corrected chi connectivity index (χ0v) is 16.1. The van der Waals surface area contributed by atoms with Crippen LogP contribution >= 0.6 is 23.1 Å². The molecular weight excluding hydrogens is 354 g/mol. The first-order chi connectivity index (χ1) is 12.0. The Kier molecular flexibility index (Phi) is 5.50. The van der Waals surface area contributed by atoms with Crippen LogP contribution in [-0.2, 0) is 4.79 Å². The van der Waals surface area contributed by atoms with Crippen LogP contribution in [0.4, 0.5) is 0 Å². The lowest BCUT2D eigenvalue weighted by molar-refractivity contribution is -0.118. The molecule has 2 aromatic heterocycles. The lowest BCUT2D eigenvalue weighted by Gasteiger charge is -2.17. The third kappa shape index (κ3) is 3.60. The number of fused-ring (bicyclic) bond motifs is 1. The van der Waals surface area contributed by atoms with Gasteiger partial charge >= 0.3 is 0 Å². The molecule has 1 aliphatic carbocycles. The Hall–Kier alpha value is -1.78. The van der Waals surface area contributed by atoms with Crippen molar-refractivity contribution >= 4 is 39.2 Å². The summed E-state index contributed by atoms with van der Waals surface area (Å²) in [4.78, 5) is 31.7. The molecule has 0 unspecified atom stereocenters. The Bertz CT molecular complexity index is 902. The summed E-state index contributed by atoms with van der Waals surface area (Å²) < 4.78 is 1.83. The molecular formula is C18H21N3O2S2. The van der Waals surface area contributed by atoms with E-state index in [9.17, 15) is 9.59 Å². The molecule has 7 heteroatoms. The fourth-order valence-electron chi connectivity index (χ4n) is 3.20. The van der Waals surface area contributed by atoms with Crippen LogP contribution in [-0.4, -0.2) is 27.8 Å². The van der Waals surface area contributed by atoms with Gasteiger partial charge in [0.05, 0.1) is 17.7 Å². The van der Waals surface area contributed by atoms with Gasteiger partial charge in [-0.3, -0.25) is 14.2 Å². The predicted octanol–water partition coefficient (Wildman–Crippen LogP) is 3.03. The number of carbonyl (C=O) groups is 1. The quantitative estimate of drug-likeness (QED) is 0.496. The number of amides is 1. The summed E-state index contributed by atoms with van der Waals surface area (Å²) in [6.45, 7) is 4.21. The standard InChI is InChI=1S/C18H21N3O2S2/c1-4-9-19-14(22)10-24-18-20-16-15(11(2)12(3)25-16)17(23)21(18)13-7-5-6-8-13/h1,13H,5-10H2,2-3H3,(H,19,22). The number of aromatic nitrogens is 2. The van der Waals surface area contributed by atoms with Gasteiger partial charge in [0, 0.05) is 10.9 Å². The van der Waals surface area contributed by atoms with E-state index in [-0.39, 0.29) is 29.8 Å². The highest BCUT2D eigenvalue weighted by Gasteiger charge is 2.25. The van der Waals surface area contributed by atoms with Crippen LogP contribution in [0.2, 0.25) is 0 Å². The van der Waals surface area contributed by atoms with Gasteiger partial charge < -0.3 is 5.32 Å². The molecule has 1 aliphatic rings. The number of nitrogens with zero attached hydrogens (tertiary/aromatic N) is 2. The number of hydrogen-bond acceptors (Lipinski definition) is 5. The molecule has 25 heavy (non-hydrogen) atoms. The van der Waals surface area contributed by atoms with Crippen molar-refractivity contribution in [1.82, 2.24) is 14.9 Å². The van der Waals surface area contributed by atoms with Gasteiger partial charge in [-0.2, -0.15) is 0 Å². The summed E-state index contributed by atoms with van der Waals surface area (Å²) in [6, 6.07) is 0.181. The number of aryl methyl sites for hydroxylation is 2. The maximum atomic E-state index is 13.2. The molecule has 0 bridgehead atoms. The molecule has 0 spiro atoms. The molecule has 2 aromatic rings. The average Bonchev–Trinajstić information content (AvgIpc) is 3.20. The summed E-state index contributed by atoms with van der Waals surface area (Å²) in [5.74, 6) is 2.44. The normalized spacial score (nSPS) is 14.8. The lowest BCUT2D eigenvalue weighted by atomic mass is 10.2. The van der Waals surface area contributed by atoms with Gasteiger partial charge in [-0.25, -0.2) is 4.98 Å². The van der Waals surface area contributed by atoms with E-state index in [1.165, 1.54) is 11.8 Å².